The van der Waals surface area contributed by atoms with E-state index in [4.69, 9.17) is 0 Å². The fraction of sp³-hybridized carbons (Fsp3) is 1.00. The van der Waals surface area contributed by atoms with Crippen molar-refractivity contribution in [2.45, 2.75) is 0 Å². The van der Waals surface area contributed by atoms with Crippen LogP contribution in [0.4, 0.5) is 12.9 Å². The number of alkyl halides is 1. The van der Waals surface area contributed by atoms with Crippen LogP contribution in [0.25, 0.3) is 0 Å². The quantitative estimate of drug-likeness (QED) is 0.324. The standard InChI is InChI=1S/CH2BClF3.K/c3-1-2(4,5)6;/h1H2;/q-1;+1. The molecule has 0 amide bonds. The SMILES string of the molecule is F[B-](F)(F)CCl.[K+]. The van der Waals surface area contributed by atoms with Crippen LogP contribution in [0.5, 0.6) is 0 Å². The summed E-state index contributed by atoms with van der Waals surface area (Å²) in [6.07, 6.45) is 0. The Bertz CT molecular complexity index is 44.7. The third kappa shape index (κ3) is 11.4. The molecule has 0 aliphatic heterocycles. The second kappa shape index (κ2) is 4.64. The monoisotopic (exact) mass is 156 g/mol. The summed E-state index contributed by atoms with van der Waals surface area (Å²) in [5, 5.41) is 0. The van der Waals surface area contributed by atoms with Crippen LogP contribution in [0.3, 0.4) is 0 Å². The van der Waals surface area contributed by atoms with Crippen molar-refractivity contribution in [3.63, 3.8) is 0 Å². The van der Waals surface area contributed by atoms with Crippen LogP contribution in [-0.2, 0) is 0 Å². The zero-order valence-electron chi connectivity index (χ0n) is 3.80. The third-order valence-corrected chi connectivity index (χ3v) is 0.525. The van der Waals surface area contributed by atoms with E-state index in [2.05, 4.69) is 11.6 Å². The molecule has 0 heterocycles. The van der Waals surface area contributed by atoms with E-state index in [1.54, 1.807) is 0 Å². The molecular weight excluding hydrogens is 154 g/mol. The van der Waals surface area contributed by atoms with Gasteiger partial charge in [-0.15, -0.1) is 0 Å². The molecule has 0 aliphatic carbocycles. The van der Waals surface area contributed by atoms with Crippen LogP contribution in [0.1, 0.15) is 0 Å². The molecule has 0 aromatic carbocycles. The van der Waals surface area contributed by atoms with E-state index in [9.17, 15) is 12.9 Å². The molecule has 0 rings (SSSR count). The van der Waals surface area contributed by atoms with Crippen LogP contribution in [0.2, 0.25) is 0 Å². The summed E-state index contributed by atoms with van der Waals surface area (Å²) < 4.78 is 32.1. The molecule has 0 unspecified atom stereocenters. The smallest absolute Gasteiger partial charge is 0.448 e. The maximum Gasteiger partial charge on any atom is 1.00 e. The second-order valence-electron chi connectivity index (χ2n) is 0.865. The van der Waals surface area contributed by atoms with E-state index in [0.29, 0.717) is 0 Å². The van der Waals surface area contributed by atoms with Gasteiger partial charge in [0.25, 0.3) is 0 Å². The van der Waals surface area contributed by atoms with E-state index in [1.165, 1.54) is 0 Å². The summed E-state index contributed by atoms with van der Waals surface area (Å²) in [7, 11) is 0. The molecule has 0 bridgehead atoms. The molecule has 0 N–H and O–H groups in total. The minimum atomic E-state index is -4.72. The first-order valence-electron chi connectivity index (χ1n) is 1.33. The fourth-order valence-corrected chi connectivity index (χ4v) is 0. The van der Waals surface area contributed by atoms with Crippen molar-refractivity contribution in [2.75, 3.05) is 5.78 Å². The average Bonchev–Trinajstić information content (AvgIpc) is 1.35. The predicted octanol–water partition coefficient (Wildman–Crippen LogP) is -1.38. The first-order valence-corrected chi connectivity index (χ1v) is 1.86. The van der Waals surface area contributed by atoms with Crippen LogP contribution < -0.4 is 51.4 Å². The van der Waals surface area contributed by atoms with Gasteiger partial charge >= 0.3 is 58.4 Å². The molecule has 6 heteroatoms. The number of rotatable bonds is 1. The Labute approximate surface area is 87.3 Å². The molecule has 0 saturated carbocycles. The Morgan fingerprint density at radius 3 is 1.43 bits per heavy atom. The Hall–Kier alpha value is 1.78. The van der Waals surface area contributed by atoms with Gasteiger partial charge in [-0.25, -0.2) is 0 Å². The van der Waals surface area contributed by atoms with Crippen molar-refractivity contribution >= 4 is 18.6 Å². The first kappa shape index (κ1) is 11.6. The van der Waals surface area contributed by atoms with Crippen molar-refractivity contribution in [3.8, 4) is 0 Å². The molecule has 0 radical (unpaired) electrons. The summed E-state index contributed by atoms with van der Waals surface area (Å²) in [5.74, 6) is -1.19. The average molecular weight is 156 g/mol. The van der Waals surface area contributed by atoms with Gasteiger partial charge in [0.05, 0.1) is 0 Å². The van der Waals surface area contributed by atoms with E-state index in [-0.39, 0.29) is 51.4 Å². The van der Waals surface area contributed by atoms with Gasteiger partial charge in [-0.2, -0.15) is 11.6 Å². The van der Waals surface area contributed by atoms with Gasteiger partial charge in [-0.05, 0) is 5.78 Å². The summed E-state index contributed by atoms with van der Waals surface area (Å²) in [6, 6.07) is 0. The molecule has 0 aromatic rings. The Morgan fingerprint density at radius 1 is 1.29 bits per heavy atom. The van der Waals surface area contributed by atoms with E-state index >= 15 is 0 Å². The molecule has 0 atom stereocenters. The van der Waals surface area contributed by atoms with Gasteiger partial charge in [-0.3, -0.25) is 0 Å². The van der Waals surface area contributed by atoms with Crippen LogP contribution in [0, 0.1) is 0 Å². The van der Waals surface area contributed by atoms with Crippen molar-refractivity contribution in [1.29, 1.82) is 0 Å². The maximum atomic E-state index is 10.7. The van der Waals surface area contributed by atoms with Crippen LogP contribution in [0.15, 0.2) is 0 Å². The Balaban J connectivity index is 0. The summed E-state index contributed by atoms with van der Waals surface area (Å²) in [6.45, 7) is -4.72. The van der Waals surface area contributed by atoms with E-state index < -0.39 is 12.8 Å². The van der Waals surface area contributed by atoms with Crippen molar-refractivity contribution < 1.29 is 64.3 Å². The maximum absolute atomic E-state index is 10.7. The Morgan fingerprint density at radius 2 is 1.43 bits per heavy atom. The topological polar surface area (TPSA) is 0 Å². The molecule has 0 fully saturated rings. The molecule has 0 aromatic heterocycles. The number of hydrogen-bond donors (Lipinski definition) is 0. The minimum Gasteiger partial charge on any atom is -0.448 e. The van der Waals surface area contributed by atoms with Crippen molar-refractivity contribution in [2.24, 2.45) is 0 Å². The molecule has 0 nitrogen and oxygen atoms in total. The normalized spacial score (nSPS) is 10.3. The zero-order valence-corrected chi connectivity index (χ0v) is 7.68. The van der Waals surface area contributed by atoms with E-state index in [0.717, 1.165) is 0 Å². The van der Waals surface area contributed by atoms with Gasteiger partial charge in [0.15, 0.2) is 0 Å². The van der Waals surface area contributed by atoms with Gasteiger partial charge < -0.3 is 12.9 Å². The molecular formula is CH2BClF3K. The molecule has 0 saturated heterocycles. The third-order valence-electron chi connectivity index (χ3n) is 0.175. The van der Waals surface area contributed by atoms with Gasteiger partial charge in [-0.1, -0.05) is 0 Å². The predicted molar refractivity (Wildman–Crippen MR) is 19.8 cm³/mol. The molecule has 0 aliphatic rings. The number of halogens is 4. The zero-order chi connectivity index (χ0) is 5.21. The van der Waals surface area contributed by atoms with Crippen molar-refractivity contribution in [3.05, 3.63) is 0 Å². The fourth-order valence-electron chi connectivity index (χ4n) is 0. The molecule has 38 valence electrons. The summed E-state index contributed by atoms with van der Waals surface area (Å²) in [4.78, 5) is 0. The second-order valence-corrected chi connectivity index (χ2v) is 1.17. The number of hydrogen-bond acceptors (Lipinski definition) is 0. The van der Waals surface area contributed by atoms with Gasteiger partial charge in [0.1, 0.15) is 0 Å². The summed E-state index contributed by atoms with van der Waals surface area (Å²) >= 11 is 4.38. The van der Waals surface area contributed by atoms with Crippen LogP contribution >= 0.6 is 11.6 Å². The van der Waals surface area contributed by atoms with Crippen molar-refractivity contribution in [1.82, 2.24) is 0 Å². The molecule has 7 heavy (non-hydrogen) atoms. The minimum absolute atomic E-state index is 0. The van der Waals surface area contributed by atoms with E-state index in [1.807, 2.05) is 0 Å². The first-order chi connectivity index (χ1) is 2.56. The van der Waals surface area contributed by atoms with Gasteiger partial charge in [0.2, 0.25) is 0 Å². The molecule has 0 spiro atoms. The van der Waals surface area contributed by atoms with Crippen LogP contribution in [-0.4, -0.2) is 12.8 Å². The van der Waals surface area contributed by atoms with Gasteiger partial charge in [0, 0.05) is 0 Å². The Kier molecular flexibility index (Phi) is 7.66. The largest absolute Gasteiger partial charge is 1.00 e. The summed E-state index contributed by atoms with van der Waals surface area (Å²) in [5.41, 5.74) is 0.